The number of nitrogens with zero attached hydrogens (tertiary/aromatic N) is 1. The molecule has 156 valence electrons. The molecule has 3 aromatic rings. The van der Waals surface area contributed by atoms with Crippen LogP contribution in [0.2, 0.25) is 0 Å². The molecule has 0 saturated carbocycles. The molecule has 0 bridgehead atoms. The van der Waals surface area contributed by atoms with Gasteiger partial charge in [0.15, 0.2) is 0 Å². The van der Waals surface area contributed by atoms with E-state index in [1.807, 2.05) is 79.7 Å². The summed E-state index contributed by atoms with van der Waals surface area (Å²) in [6.07, 6.45) is 0. The number of amides is 2. The van der Waals surface area contributed by atoms with Gasteiger partial charge < -0.3 is 5.32 Å². The van der Waals surface area contributed by atoms with Crippen molar-refractivity contribution in [2.24, 2.45) is 0 Å². The number of urea groups is 1. The smallest absolute Gasteiger partial charge is 0.308 e. The summed E-state index contributed by atoms with van der Waals surface area (Å²) >= 11 is 0. The molecule has 2 amide bonds. The molecule has 1 atom stereocenters. The first kappa shape index (κ1) is 21.8. The van der Waals surface area contributed by atoms with Crippen molar-refractivity contribution in [1.82, 2.24) is 0 Å². The van der Waals surface area contributed by atoms with E-state index in [9.17, 15) is 9.00 Å². The quantitative estimate of drug-likeness (QED) is 0.552. The lowest BCUT2D eigenvalue weighted by Crippen LogP contribution is -2.34. The van der Waals surface area contributed by atoms with E-state index in [0.717, 1.165) is 11.1 Å². The lowest BCUT2D eigenvalue weighted by molar-refractivity contribution is 0.258. The van der Waals surface area contributed by atoms with Crippen LogP contribution in [0.15, 0.2) is 82.6 Å². The average Bonchev–Trinajstić information content (AvgIpc) is 2.72. The number of nitrogens with one attached hydrogen (secondary N) is 1. The summed E-state index contributed by atoms with van der Waals surface area (Å²) in [6.45, 7) is 8.27. The summed E-state index contributed by atoms with van der Waals surface area (Å²) < 4.78 is 13.5. The maximum absolute atomic E-state index is 13.5. The number of anilines is 2. The van der Waals surface area contributed by atoms with Gasteiger partial charge in [-0.1, -0.05) is 68.8 Å². The highest BCUT2D eigenvalue weighted by atomic mass is 32.2. The van der Waals surface area contributed by atoms with E-state index >= 15 is 0 Å². The second-order valence-corrected chi connectivity index (χ2v) is 9.79. The van der Waals surface area contributed by atoms with E-state index in [2.05, 4.69) is 26.1 Å². The van der Waals surface area contributed by atoms with Crippen molar-refractivity contribution >= 4 is 28.2 Å². The first-order valence-corrected chi connectivity index (χ1v) is 11.0. The number of rotatable bonds is 4. The van der Waals surface area contributed by atoms with Gasteiger partial charge in [0.05, 0.1) is 21.4 Å². The lowest BCUT2D eigenvalue weighted by Gasteiger charge is -2.29. The van der Waals surface area contributed by atoms with E-state index in [1.54, 1.807) is 11.9 Å². The number of carbonyl (C=O) groups is 1. The minimum Gasteiger partial charge on any atom is -0.308 e. The minimum absolute atomic E-state index is 0.232. The molecule has 0 aromatic heterocycles. The van der Waals surface area contributed by atoms with Gasteiger partial charge in [-0.3, -0.25) is 4.90 Å². The molecular weight excluding hydrogens is 392 g/mol. The van der Waals surface area contributed by atoms with Crippen LogP contribution in [-0.2, 0) is 16.2 Å². The number of para-hydroxylation sites is 2. The first-order chi connectivity index (χ1) is 14.2. The van der Waals surface area contributed by atoms with Crippen molar-refractivity contribution in [2.75, 3.05) is 17.3 Å². The zero-order valence-electron chi connectivity index (χ0n) is 18.1. The summed E-state index contributed by atoms with van der Waals surface area (Å²) in [6, 6.07) is 22.5. The molecular formula is C25H28N2O2S. The monoisotopic (exact) mass is 420 g/mol. The van der Waals surface area contributed by atoms with Crippen LogP contribution >= 0.6 is 0 Å². The molecule has 0 fully saturated rings. The first-order valence-electron chi connectivity index (χ1n) is 9.90. The molecule has 0 radical (unpaired) electrons. The van der Waals surface area contributed by atoms with Crippen LogP contribution in [0.25, 0.3) is 0 Å². The third kappa shape index (κ3) is 4.79. The molecule has 1 unspecified atom stereocenters. The van der Waals surface area contributed by atoms with E-state index in [-0.39, 0.29) is 11.4 Å². The zero-order chi connectivity index (χ0) is 21.9. The lowest BCUT2D eigenvalue weighted by atomic mass is 9.85. The van der Waals surface area contributed by atoms with Crippen LogP contribution in [0.3, 0.4) is 0 Å². The van der Waals surface area contributed by atoms with Crippen LogP contribution < -0.4 is 10.2 Å². The van der Waals surface area contributed by atoms with Crippen LogP contribution in [-0.4, -0.2) is 17.3 Å². The summed E-state index contributed by atoms with van der Waals surface area (Å²) in [5.74, 6) is 0. The Kier molecular flexibility index (Phi) is 6.42. The average molecular weight is 421 g/mol. The maximum atomic E-state index is 13.5. The molecule has 0 aliphatic rings. The fourth-order valence-corrected chi connectivity index (χ4v) is 4.50. The van der Waals surface area contributed by atoms with Gasteiger partial charge in [0.25, 0.3) is 0 Å². The predicted octanol–water partition coefficient (Wildman–Crippen LogP) is 6.13. The largest absolute Gasteiger partial charge is 0.326 e. The number of hydrogen-bond acceptors (Lipinski definition) is 2. The second-order valence-electron chi connectivity index (χ2n) is 8.34. The Morgan fingerprint density at radius 3 is 2.13 bits per heavy atom. The van der Waals surface area contributed by atoms with Crippen molar-refractivity contribution in [3.05, 3.63) is 83.9 Å². The SMILES string of the molecule is Cc1ccc(S(=O)c2cccc(C(C)(C)C)c2N(C)C(=O)Nc2ccccc2)cc1. The molecule has 0 saturated heterocycles. The van der Waals surface area contributed by atoms with Crippen LogP contribution in [0, 0.1) is 6.92 Å². The van der Waals surface area contributed by atoms with Gasteiger partial charge >= 0.3 is 6.03 Å². The minimum atomic E-state index is -1.42. The Morgan fingerprint density at radius 2 is 1.53 bits per heavy atom. The highest BCUT2D eigenvalue weighted by molar-refractivity contribution is 7.85. The molecule has 5 heteroatoms. The zero-order valence-corrected chi connectivity index (χ0v) is 18.9. The highest BCUT2D eigenvalue weighted by Crippen LogP contribution is 2.37. The van der Waals surface area contributed by atoms with Gasteiger partial charge in [0, 0.05) is 17.6 Å². The molecule has 1 N–H and O–H groups in total. The van der Waals surface area contributed by atoms with Crippen molar-refractivity contribution in [2.45, 2.75) is 42.9 Å². The summed E-state index contributed by atoms with van der Waals surface area (Å²) in [5, 5.41) is 2.92. The number of carbonyl (C=O) groups excluding carboxylic acids is 1. The van der Waals surface area contributed by atoms with E-state index in [4.69, 9.17) is 0 Å². The number of benzene rings is 3. The Balaban J connectivity index is 2.07. The van der Waals surface area contributed by atoms with E-state index in [0.29, 0.717) is 21.2 Å². The molecule has 0 heterocycles. The van der Waals surface area contributed by atoms with Crippen LogP contribution in [0.5, 0.6) is 0 Å². The molecule has 0 aliphatic carbocycles. The summed E-state index contributed by atoms with van der Waals surface area (Å²) in [5.41, 5.74) is 3.23. The van der Waals surface area contributed by atoms with Gasteiger partial charge in [-0.15, -0.1) is 0 Å². The van der Waals surface area contributed by atoms with Gasteiger partial charge in [-0.2, -0.15) is 0 Å². The maximum Gasteiger partial charge on any atom is 0.326 e. The topological polar surface area (TPSA) is 49.4 Å². The Morgan fingerprint density at radius 1 is 0.900 bits per heavy atom. The third-order valence-corrected chi connectivity index (χ3v) is 6.34. The molecule has 0 spiro atoms. The van der Waals surface area contributed by atoms with Crippen LogP contribution in [0.1, 0.15) is 31.9 Å². The summed E-state index contributed by atoms with van der Waals surface area (Å²) in [7, 11) is 0.304. The Hall–Kier alpha value is -2.92. The fraction of sp³-hybridized carbons (Fsp3) is 0.240. The Bertz CT molecular complexity index is 1050. The van der Waals surface area contributed by atoms with Crippen molar-refractivity contribution in [3.8, 4) is 0 Å². The molecule has 30 heavy (non-hydrogen) atoms. The molecule has 3 rings (SSSR count). The van der Waals surface area contributed by atoms with Gasteiger partial charge in [-0.25, -0.2) is 9.00 Å². The van der Waals surface area contributed by atoms with Gasteiger partial charge in [0.2, 0.25) is 0 Å². The van der Waals surface area contributed by atoms with Crippen LogP contribution in [0.4, 0.5) is 16.2 Å². The van der Waals surface area contributed by atoms with Crippen molar-refractivity contribution in [1.29, 1.82) is 0 Å². The normalized spacial score (nSPS) is 12.3. The number of hydrogen-bond donors (Lipinski definition) is 1. The second kappa shape index (κ2) is 8.84. The predicted molar refractivity (Wildman–Crippen MR) is 125 cm³/mol. The van der Waals surface area contributed by atoms with E-state index < -0.39 is 10.8 Å². The van der Waals surface area contributed by atoms with Gasteiger partial charge in [0.1, 0.15) is 0 Å². The van der Waals surface area contributed by atoms with Gasteiger partial charge in [-0.05, 0) is 48.2 Å². The van der Waals surface area contributed by atoms with Crippen molar-refractivity contribution in [3.63, 3.8) is 0 Å². The highest BCUT2D eigenvalue weighted by Gasteiger charge is 2.27. The molecule has 0 aliphatic heterocycles. The Labute approximate surface area is 181 Å². The molecule has 4 nitrogen and oxygen atoms in total. The van der Waals surface area contributed by atoms with E-state index in [1.165, 1.54) is 0 Å². The van der Waals surface area contributed by atoms with Crippen molar-refractivity contribution < 1.29 is 9.00 Å². The third-order valence-electron chi connectivity index (χ3n) is 4.91. The standard InChI is InChI=1S/C25H28N2O2S/c1-18-14-16-20(17-15-18)30(29)22-13-9-12-21(25(2,3)4)23(22)27(5)24(28)26-19-10-7-6-8-11-19/h6-17H,1-5H3,(H,26,28). The summed E-state index contributed by atoms with van der Waals surface area (Å²) in [4.78, 5) is 16.0. The fourth-order valence-electron chi connectivity index (χ4n) is 3.24. The molecule has 3 aromatic carbocycles. The number of aryl methyl sites for hydroxylation is 1.